The van der Waals surface area contributed by atoms with Gasteiger partial charge in [0.2, 0.25) is 5.91 Å². The number of nitrogens with two attached hydrogens (primary N) is 1. The Morgan fingerprint density at radius 1 is 1.32 bits per heavy atom. The molecule has 1 fully saturated rings. The van der Waals surface area contributed by atoms with Gasteiger partial charge in [-0.2, -0.15) is 0 Å². The van der Waals surface area contributed by atoms with Gasteiger partial charge in [-0.3, -0.25) is 4.79 Å². The lowest BCUT2D eigenvalue weighted by Crippen LogP contribution is -2.45. The Hall–Kier alpha value is -1.35. The fourth-order valence-electron chi connectivity index (χ4n) is 3.06. The van der Waals surface area contributed by atoms with Crippen molar-refractivity contribution in [2.75, 3.05) is 13.6 Å². The summed E-state index contributed by atoms with van der Waals surface area (Å²) in [6.45, 7) is 2.55. The molecule has 1 atom stereocenters. The molecular formula is C16H24N2O. The second-order valence-corrected chi connectivity index (χ2v) is 5.69. The molecule has 1 aromatic rings. The Morgan fingerprint density at radius 2 is 1.89 bits per heavy atom. The van der Waals surface area contributed by atoms with E-state index in [0.717, 1.165) is 25.7 Å². The molecule has 0 saturated heterocycles. The van der Waals surface area contributed by atoms with Crippen LogP contribution in [0, 0.1) is 5.41 Å². The van der Waals surface area contributed by atoms with Crippen LogP contribution in [0.5, 0.6) is 0 Å². The van der Waals surface area contributed by atoms with Crippen molar-refractivity contribution in [3.63, 3.8) is 0 Å². The first-order valence-electron chi connectivity index (χ1n) is 7.13. The molecule has 1 unspecified atom stereocenters. The molecule has 1 saturated carbocycles. The molecular weight excluding hydrogens is 236 g/mol. The monoisotopic (exact) mass is 260 g/mol. The van der Waals surface area contributed by atoms with Gasteiger partial charge in [0.15, 0.2) is 0 Å². The Bertz CT molecular complexity index is 424. The molecule has 2 rings (SSSR count). The van der Waals surface area contributed by atoms with Gasteiger partial charge in [-0.05, 0) is 25.3 Å². The first-order chi connectivity index (χ1) is 9.10. The lowest BCUT2D eigenvalue weighted by atomic mass is 9.84. The van der Waals surface area contributed by atoms with Gasteiger partial charge < -0.3 is 10.6 Å². The molecule has 3 nitrogen and oxygen atoms in total. The minimum Gasteiger partial charge on any atom is -0.338 e. The molecule has 0 heterocycles. The Balaban J connectivity index is 2.15. The van der Waals surface area contributed by atoms with Crippen LogP contribution in [0.15, 0.2) is 30.3 Å². The molecule has 1 amide bonds. The molecule has 2 N–H and O–H groups in total. The summed E-state index contributed by atoms with van der Waals surface area (Å²) in [6.07, 6.45) is 4.12. The van der Waals surface area contributed by atoms with E-state index in [4.69, 9.17) is 5.73 Å². The van der Waals surface area contributed by atoms with E-state index in [1.54, 1.807) is 0 Å². The predicted octanol–water partition coefficient (Wildman–Crippen LogP) is 2.73. The maximum Gasteiger partial charge on any atom is 0.230 e. The number of carbonyl (C=O) groups excluding carboxylic acids is 1. The summed E-state index contributed by atoms with van der Waals surface area (Å²) >= 11 is 0. The average molecular weight is 260 g/mol. The second-order valence-electron chi connectivity index (χ2n) is 5.69. The summed E-state index contributed by atoms with van der Waals surface area (Å²) in [6, 6.07) is 10.3. The number of hydrogen-bond donors (Lipinski definition) is 1. The molecule has 0 aromatic heterocycles. The smallest absolute Gasteiger partial charge is 0.230 e. The quantitative estimate of drug-likeness (QED) is 0.904. The topological polar surface area (TPSA) is 46.3 Å². The molecule has 104 valence electrons. The highest BCUT2D eigenvalue weighted by molar-refractivity contribution is 5.83. The highest BCUT2D eigenvalue weighted by Gasteiger charge is 2.42. The molecule has 0 radical (unpaired) electrons. The third-order valence-corrected chi connectivity index (χ3v) is 4.59. The minimum absolute atomic E-state index is 0.0951. The SMILES string of the molecule is CC(c1ccccc1)N(C)C(=O)C1(CN)CCCC1. The molecule has 0 bridgehead atoms. The summed E-state index contributed by atoms with van der Waals surface area (Å²) in [5, 5.41) is 0. The van der Waals surface area contributed by atoms with Crippen LogP contribution < -0.4 is 5.73 Å². The zero-order valence-corrected chi connectivity index (χ0v) is 11.9. The highest BCUT2D eigenvalue weighted by Crippen LogP contribution is 2.40. The van der Waals surface area contributed by atoms with Crippen LogP contribution in [-0.2, 0) is 4.79 Å². The number of benzene rings is 1. The standard InChI is InChI=1S/C16H24N2O/c1-13(14-8-4-3-5-9-14)18(2)15(19)16(12-17)10-6-7-11-16/h3-5,8-9,13H,6-7,10-12,17H2,1-2H3. The van der Waals surface area contributed by atoms with E-state index in [-0.39, 0.29) is 17.4 Å². The van der Waals surface area contributed by atoms with Gasteiger partial charge in [-0.25, -0.2) is 0 Å². The summed E-state index contributed by atoms with van der Waals surface area (Å²) in [4.78, 5) is 14.6. The molecule has 19 heavy (non-hydrogen) atoms. The maximum atomic E-state index is 12.8. The highest BCUT2D eigenvalue weighted by atomic mass is 16.2. The van der Waals surface area contributed by atoms with E-state index in [1.807, 2.05) is 30.1 Å². The second kappa shape index (κ2) is 5.74. The van der Waals surface area contributed by atoms with E-state index in [2.05, 4.69) is 19.1 Å². The van der Waals surface area contributed by atoms with Crippen molar-refractivity contribution in [1.82, 2.24) is 4.90 Å². The van der Waals surface area contributed by atoms with Crippen molar-refractivity contribution in [3.8, 4) is 0 Å². The Morgan fingerprint density at radius 3 is 2.42 bits per heavy atom. The van der Waals surface area contributed by atoms with Crippen LogP contribution in [0.25, 0.3) is 0 Å². The third kappa shape index (κ3) is 2.66. The number of hydrogen-bond acceptors (Lipinski definition) is 2. The fraction of sp³-hybridized carbons (Fsp3) is 0.562. The van der Waals surface area contributed by atoms with Crippen LogP contribution in [0.1, 0.15) is 44.2 Å². The van der Waals surface area contributed by atoms with Crippen molar-refractivity contribution < 1.29 is 4.79 Å². The average Bonchev–Trinajstić information content (AvgIpc) is 2.96. The Labute approximate surface area is 115 Å². The molecule has 3 heteroatoms. The van der Waals surface area contributed by atoms with Gasteiger partial charge >= 0.3 is 0 Å². The number of nitrogens with zero attached hydrogens (tertiary/aromatic N) is 1. The van der Waals surface area contributed by atoms with Gasteiger partial charge in [-0.15, -0.1) is 0 Å². The van der Waals surface area contributed by atoms with E-state index in [0.29, 0.717) is 6.54 Å². The molecule has 0 spiro atoms. The number of carbonyl (C=O) groups is 1. The lowest BCUT2D eigenvalue weighted by Gasteiger charge is -2.34. The van der Waals surface area contributed by atoms with Gasteiger partial charge in [-0.1, -0.05) is 43.2 Å². The van der Waals surface area contributed by atoms with Crippen molar-refractivity contribution >= 4 is 5.91 Å². The van der Waals surface area contributed by atoms with Crippen molar-refractivity contribution in [2.24, 2.45) is 11.1 Å². The lowest BCUT2D eigenvalue weighted by molar-refractivity contribution is -0.142. The van der Waals surface area contributed by atoms with Crippen molar-refractivity contribution in [2.45, 2.75) is 38.6 Å². The molecule has 1 aliphatic rings. The van der Waals surface area contributed by atoms with E-state index >= 15 is 0 Å². The third-order valence-electron chi connectivity index (χ3n) is 4.59. The maximum absolute atomic E-state index is 12.8. The van der Waals surface area contributed by atoms with Crippen LogP contribution in [-0.4, -0.2) is 24.4 Å². The minimum atomic E-state index is -0.308. The summed E-state index contributed by atoms with van der Waals surface area (Å²) in [7, 11) is 1.90. The van der Waals surface area contributed by atoms with Crippen molar-refractivity contribution in [3.05, 3.63) is 35.9 Å². The van der Waals surface area contributed by atoms with Crippen LogP contribution >= 0.6 is 0 Å². The largest absolute Gasteiger partial charge is 0.338 e. The molecule has 1 aliphatic carbocycles. The first kappa shape index (κ1) is 14.1. The summed E-state index contributed by atoms with van der Waals surface area (Å²) in [5.41, 5.74) is 6.76. The van der Waals surface area contributed by atoms with Gasteiger partial charge in [0.1, 0.15) is 0 Å². The zero-order chi connectivity index (χ0) is 13.9. The number of rotatable bonds is 4. The van der Waals surface area contributed by atoms with E-state index < -0.39 is 0 Å². The zero-order valence-electron chi connectivity index (χ0n) is 11.9. The van der Waals surface area contributed by atoms with Gasteiger partial charge in [0.05, 0.1) is 11.5 Å². The van der Waals surface area contributed by atoms with Gasteiger partial charge in [0.25, 0.3) is 0 Å². The Kier molecular flexibility index (Phi) is 4.25. The van der Waals surface area contributed by atoms with Crippen LogP contribution in [0.3, 0.4) is 0 Å². The van der Waals surface area contributed by atoms with E-state index in [9.17, 15) is 4.79 Å². The predicted molar refractivity (Wildman–Crippen MR) is 77.6 cm³/mol. The fourth-order valence-corrected chi connectivity index (χ4v) is 3.06. The van der Waals surface area contributed by atoms with Crippen LogP contribution in [0.2, 0.25) is 0 Å². The summed E-state index contributed by atoms with van der Waals surface area (Å²) in [5.74, 6) is 0.212. The van der Waals surface area contributed by atoms with Crippen LogP contribution in [0.4, 0.5) is 0 Å². The molecule has 1 aromatic carbocycles. The van der Waals surface area contributed by atoms with E-state index in [1.165, 1.54) is 5.56 Å². The summed E-state index contributed by atoms with van der Waals surface area (Å²) < 4.78 is 0. The van der Waals surface area contributed by atoms with Crippen molar-refractivity contribution in [1.29, 1.82) is 0 Å². The van der Waals surface area contributed by atoms with Gasteiger partial charge in [0, 0.05) is 13.6 Å². The first-order valence-corrected chi connectivity index (χ1v) is 7.13. The normalized spacial score (nSPS) is 19.1. The number of amides is 1. The molecule has 0 aliphatic heterocycles.